The van der Waals surface area contributed by atoms with Gasteiger partial charge >= 0.3 is 0 Å². The third kappa shape index (κ3) is 3.19. The summed E-state index contributed by atoms with van der Waals surface area (Å²) in [5.41, 5.74) is 5.01. The van der Waals surface area contributed by atoms with Crippen LogP contribution in [-0.2, 0) is 0 Å². The molecule has 0 saturated heterocycles. The summed E-state index contributed by atoms with van der Waals surface area (Å²) in [5, 5.41) is 4.11. The molecule has 0 radical (unpaired) electrons. The van der Waals surface area contributed by atoms with E-state index in [0.717, 1.165) is 9.50 Å². The molecule has 0 spiro atoms. The minimum absolute atomic E-state index is 0.158. The number of rotatable bonds is 3. The van der Waals surface area contributed by atoms with Crippen LogP contribution in [0.4, 0.5) is 0 Å². The van der Waals surface area contributed by atoms with E-state index in [9.17, 15) is 0 Å². The molecule has 2 aromatic carbocycles. The van der Waals surface area contributed by atoms with E-state index in [1.807, 2.05) is 19.2 Å². The Morgan fingerprint density at radius 1 is 1.11 bits per heavy atom. The molecule has 2 rings (SSSR count). The van der Waals surface area contributed by atoms with Crippen LogP contribution in [0.25, 0.3) is 0 Å². The zero-order chi connectivity index (χ0) is 14.0. The lowest BCUT2D eigenvalue weighted by Gasteiger charge is -2.20. The molecule has 100 valence electrons. The van der Waals surface area contributed by atoms with Crippen molar-refractivity contribution in [1.82, 2.24) is 5.32 Å². The average Bonchev–Trinajstić information content (AvgIpc) is 2.38. The Bertz CT molecular complexity index is 595. The lowest BCUT2D eigenvalue weighted by Crippen LogP contribution is -2.18. The first-order valence-electron chi connectivity index (χ1n) is 6.22. The first-order valence-corrected chi connectivity index (χ1v) is 7.39. The van der Waals surface area contributed by atoms with E-state index in [4.69, 9.17) is 11.6 Å². The summed E-state index contributed by atoms with van der Waals surface area (Å²) in [6, 6.07) is 12.8. The van der Waals surface area contributed by atoms with Gasteiger partial charge in [0.25, 0.3) is 0 Å². The third-order valence-electron chi connectivity index (χ3n) is 3.31. The van der Waals surface area contributed by atoms with Crippen molar-refractivity contribution in [3.05, 3.63) is 68.1 Å². The summed E-state index contributed by atoms with van der Waals surface area (Å²) >= 11 is 9.63. The Kier molecular flexibility index (Phi) is 4.67. The molecule has 0 saturated carbocycles. The summed E-state index contributed by atoms with van der Waals surface area (Å²) in [5.74, 6) is 0. The van der Waals surface area contributed by atoms with Crippen LogP contribution in [-0.4, -0.2) is 7.05 Å². The van der Waals surface area contributed by atoms with Crippen molar-refractivity contribution in [2.75, 3.05) is 7.05 Å². The van der Waals surface area contributed by atoms with E-state index in [1.165, 1.54) is 22.3 Å². The van der Waals surface area contributed by atoms with Crippen LogP contribution in [0.1, 0.15) is 28.3 Å². The van der Waals surface area contributed by atoms with Gasteiger partial charge in [-0.25, -0.2) is 0 Å². The average molecular weight is 339 g/mol. The predicted octanol–water partition coefficient (Wildman–Crippen LogP) is 5.03. The fourth-order valence-corrected chi connectivity index (χ4v) is 2.70. The molecular formula is C16H17BrClN. The number of hydrogen-bond donors (Lipinski definition) is 1. The Morgan fingerprint density at radius 3 is 2.47 bits per heavy atom. The first kappa shape index (κ1) is 14.6. The Hall–Kier alpha value is -0.830. The van der Waals surface area contributed by atoms with Crippen molar-refractivity contribution >= 4 is 27.5 Å². The van der Waals surface area contributed by atoms with Gasteiger partial charge in [0.2, 0.25) is 0 Å². The minimum Gasteiger partial charge on any atom is -0.309 e. The Balaban J connectivity index is 2.49. The molecule has 0 bridgehead atoms. The summed E-state index contributed by atoms with van der Waals surface area (Å²) < 4.78 is 0.925. The number of aryl methyl sites for hydroxylation is 2. The molecule has 19 heavy (non-hydrogen) atoms. The van der Waals surface area contributed by atoms with Crippen LogP contribution in [0.5, 0.6) is 0 Å². The topological polar surface area (TPSA) is 12.0 Å². The normalized spacial score (nSPS) is 12.5. The van der Waals surface area contributed by atoms with Crippen molar-refractivity contribution in [3.63, 3.8) is 0 Å². The standard InChI is InChI=1S/C16H17BrClN/c1-10-4-5-11(2)13(8-10)16(19-3)12-6-7-14(17)15(18)9-12/h4-9,16,19H,1-3H3. The summed E-state index contributed by atoms with van der Waals surface area (Å²) in [4.78, 5) is 0. The maximum Gasteiger partial charge on any atom is 0.0577 e. The summed E-state index contributed by atoms with van der Waals surface area (Å²) in [6.07, 6.45) is 0. The molecule has 3 heteroatoms. The van der Waals surface area contributed by atoms with E-state index in [2.05, 4.69) is 59.4 Å². The molecule has 0 amide bonds. The van der Waals surface area contributed by atoms with Crippen LogP contribution in [0.15, 0.2) is 40.9 Å². The molecule has 1 atom stereocenters. The lowest BCUT2D eigenvalue weighted by molar-refractivity contribution is 0.687. The van der Waals surface area contributed by atoms with Crippen molar-refractivity contribution in [1.29, 1.82) is 0 Å². The molecule has 0 aliphatic carbocycles. The number of hydrogen-bond acceptors (Lipinski definition) is 1. The fraction of sp³-hybridized carbons (Fsp3) is 0.250. The van der Waals surface area contributed by atoms with Gasteiger partial charge in [0.1, 0.15) is 0 Å². The molecule has 1 nitrogen and oxygen atoms in total. The van der Waals surface area contributed by atoms with Gasteiger partial charge in [-0.05, 0) is 65.6 Å². The van der Waals surface area contributed by atoms with Gasteiger partial charge in [-0.1, -0.05) is 41.4 Å². The van der Waals surface area contributed by atoms with E-state index < -0.39 is 0 Å². The van der Waals surface area contributed by atoms with E-state index in [1.54, 1.807) is 0 Å². The van der Waals surface area contributed by atoms with Crippen LogP contribution in [0, 0.1) is 13.8 Å². The molecule has 0 heterocycles. The van der Waals surface area contributed by atoms with Gasteiger partial charge in [-0.15, -0.1) is 0 Å². The largest absolute Gasteiger partial charge is 0.309 e. The summed E-state index contributed by atoms with van der Waals surface area (Å²) in [7, 11) is 1.97. The molecule has 1 N–H and O–H groups in total. The lowest BCUT2D eigenvalue weighted by atomic mass is 9.94. The number of benzene rings is 2. The van der Waals surface area contributed by atoms with Gasteiger partial charge in [0, 0.05) is 4.47 Å². The van der Waals surface area contributed by atoms with Crippen LogP contribution >= 0.6 is 27.5 Å². The minimum atomic E-state index is 0.158. The van der Waals surface area contributed by atoms with Crippen LogP contribution < -0.4 is 5.32 Å². The van der Waals surface area contributed by atoms with Crippen molar-refractivity contribution in [2.24, 2.45) is 0 Å². The Labute approximate surface area is 128 Å². The van der Waals surface area contributed by atoms with Gasteiger partial charge in [-0.2, -0.15) is 0 Å². The first-order chi connectivity index (χ1) is 9.02. The fourth-order valence-electron chi connectivity index (χ4n) is 2.26. The Morgan fingerprint density at radius 2 is 1.84 bits per heavy atom. The summed E-state index contributed by atoms with van der Waals surface area (Å²) in [6.45, 7) is 4.25. The molecule has 0 aromatic heterocycles. The molecule has 1 unspecified atom stereocenters. The second kappa shape index (κ2) is 6.08. The van der Waals surface area contributed by atoms with E-state index in [0.29, 0.717) is 0 Å². The molecule has 0 aliphatic heterocycles. The van der Waals surface area contributed by atoms with Crippen LogP contribution in [0.3, 0.4) is 0 Å². The highest BCUT2D eigenvalue weighted by Gasteiger charge is 2.15. The highest BCUT2D eigenvalue weighted by atomic mass is 79.9. The zero-order valence-electron chi connectivity index (χ0n) is 11.3. The molecular weight excluding hydrogens is 322 g/mol. The second-order valence-corrected chi connectivity index (χ2v) is 6.02. The number of nitrogens with one attached hydrogen (secondary N) is 1. The van der Waals surface area contributed by atoms with Gasteiger partial charge in [0.15, 0.2) is 0 Å². The van der Waals surface area contributed by atoms with Gasteiger partial charge < -0.3 is 5.32 Å². The van der Waals surface area contributed by atoms with Crippen molar-refractivity contribution < 1.29 is 0 Å². The monoisotopic (exact) mass is 337 g/mol. The third-order valence-corrected chi connectivity index (χ3v) is 4.54. The van der Waals surface area contributed by atoms with Crippen molar-refractivity contribution in [3.8, 4) is 0 Å². The highest BCUT2D eigenvalue weighted by molar-refractivity contribution is 9.10. The highest BCUT2D eigenvalue weighted by Crippen LogP contribution is 2.30. The van der Waals surface area contributed by atoms with Gasteiger partial charge in [-0.3, -0.25) is 0 Å². The molecule has 0 aliphatic rings. The SMILES string of the molecule is CNC(c1ccc(Br)c(Cl)c1)c1cc(C)ccc1C. The van der Waals surface area contributed by atoms with E-state index in [-0.39, 0.29) is 6.04 Å². The zero-order valence-corrected chi connectivity index (χ0v) is 13.6. The maximum atomic E-state index is 6.20. The van der Waals surface area contributed by atoms with Crippen molar-refractivity contribution in [2.45, 2.75) is 19.9 Å². The predicted molar refractivity (Wildman–Crippen MR) is 86.0 cm³/mol. The second-order valence-electron chi connectivity index (χ2n) is 4.76. The molecule has 0 fully saturated rings. The van der Waals surface area contributed by atoms with Crippen LogP contribution in [0.2, 0.25) is 5.02 Å². The maximum absolute atomic E-state index is 6.20. The quantitative estimate of drug-likeness (QED) is 0.828. The smallest absolute Gasteiger partial charge is 0.0577 e. The number of halogens is 2. The van der Waals surface area contributed by atoms with Gasteiger partial charge in [0.05, 0.1) is 11.1 Å². The molecule has 2 aromatic rings. The van der Waals surface area contributed by atoms with E-state index >= 15 is 0 Å².